The SMILES string of the molecule is C=CCN(CC)c1ccc(Cl)cc1C#N. The number of rotatable bonds is 4. The van der Waals surface area contributed by atoms with Crippen LogP contribution in [0.5, 0.6) is 0 Å². The van der Waals surface area contributed by atoms with Crippen LogP contribution in [0.2, 0.25) is 5.02 Å². The average Bonchev–Trinajstić information content (AvgIpc) is 2.26. The molecule has 0 bridgehead atoms. The number of benzene rings is 1. The largest absolute Gasteiger partial charge is 0.367 e. The van der Waals surface area contributed by atoms with Crippen LogP contribution >= 0.6 is 11.6 Å². The molecule has 0 N–H and O–H groups in total. The molecule has 0 aliphatic carbocycles. The van der Waals surface area contributed by atoms with Crippen LogP contribution in [-0.2, 0) is 0 Å². The zero-order valence-corrected chi connectivity index (χ0v) is 9.46. The van der Waals surface area contributed by atoms with Gasteiger partial charge in [0.15, 0.2) is 0 Å². The minimum atomic E-state index is 0.588. The van der Waals surface area contributed by atoms with Gasteiger partial charge in [0.2, 0.25) is 0 Å². The summed E-state index contributed by atoms with van der Waals surface area (Å²) in [5, 5.41) is 9.58. The molecular weight excluding hydrogens is 208 g/mol. The molecule has 1 rings (SSSR count). The van der Waals surface area contributed by atoms with E-state index in [1.54, 1.807) is 12.1 Å². The van der Waals surface area contributed by atoms with Crippen LogP contribution in [0.3, 0.4) is 0 Å². The fourth-order valence-corrected chi connectivity index (χ4v) is 1.60. The van der Waals surface area contributed by atoms with E-state index in [-0.39, 0.29) is 0 Å². The van der Waals surface area contributed by atoms with Crippen molar-refractivity contribution in [3.05, 3.63) is 41.4 Å². The Kier molecular flexibility index (Phi) is 4.20. The third-order valence-electron chi connectivity index (χ3n) is 2.15. The van der Waals surface area contributed by atoms with Gasteiger partial charge in [0, 0.05) is 18.1 Å². The lowest BCUT2D eigenvalue weighted by Gasteiger charge is -2.22. The van der Waals surface area contributed by atoms with E-state index in [0.717, 1.165) is 18.8 Å². The van der Waals surface area contributed by atoms with Gasteiger partial charge in [-0.15, -0.1) is 6.58 Å². The molecule has 2 nitrogen and oxygen atoms in total. The zero-order chi connectivity index (χ0) is 11.3. The van der Waals surface area contributed by atoms with Crippen molar-refractivity contribution < 1.29 is 0 Å². The highest BCUT2D eigenvalue weighted by atomic mass is 35.5. The van der Waals surface area contributed by atoms with Crippen molar-refractivity contribution in [1.82, 2.24) is 0 Å². The summed E-state index contributed by atoms with van der Waals surface area (Å²) in [5.41, 5.74) is 1.51. The molecule has 0 heterocycles. The van der Waals surface area contributed by atoms with Crippen LogP contribution in [-0.4, -0.2) is 13.1 Å². The number of nitrogens with zero attached hydrogens (tertiary/aromatic N) is 2. The molecule has 1 aromatic rings. The molecule has 0 spiro atoms. The maximum atomic E-state index is 8.99. The van der Waals surface area contributed by atoms with Crippen molar-refractivity contribution in [2.24, 2.45) is 0 Å². The third-order valence-corrected chi connectivity index (χ3v) is 2.39. The van der Waals surface area contributed by atoms with E-state index in [1.165, 1.54) is 0 Å². The molecule has 1 aromatic carbocycles. The molecule has 0 atom stereocenters. The Morgan fingerprint density at radius 1 is 1.60 bits per heavy atom. The summed E-state index contributed by atoms with van der Waals surface area (Å²) < 4.78 is 0. The minimum absolute atomic E-state index is 0.588. The lowest BCUT2D eigenvalue weighted by atomic mass is 10.1. The number of anilines is 1. The molecule has 15 heavy (non-hydrogen) atoms. The Morgan fingerprint density at radius 2 is 2.33 bits per heavy atom. The topological polar surface area (TPSA) is 27.0 Å². The van der Waals surface area contributed by atoms with Crippen LogP contribution < -0.4 is 4.90 Å². The Labute approximate surface area is 95.4 Å². The molecule has 0 aromatic heterocycles. The minimum Gasteiger partial charge on any atom is -0.367 e. The second-order valence-electron chi connectivity index (χ2n) is 3.10. The van der Waals surface area contributed by atoms with E-state index in [1.807, 2.05) is 19.1 Å². The number of halogens is 1. The summed E-state index contributed by atoms with van der Waals surface area (Å²) in [5.74, 6) is 0. The maximum Gasteiger partial charge on any atom is 0.101 e. The van der Waals surface area contributed by atoms with E-state index in [2.05, 4.69) is 17.5 Å². The first kappa shape index (κ1) is 11.6. The van der Waals surface area contributed by atoms with Crippen LogP contribution in [0.25, 0.3) is 0 Å². The fraction of sp³-hybridized carbons (Fsp3) is 0.250. The number of nitriles is 1. The van der Waals surface area contributed by atoms with Crippen LogP contribution in [0, 0.1) is 11.3 Å². The summed E-state index contributed by atoms with van der Waals surface area (Å²) in [6.45, 7) is 7.30. The normalized spacial score (nSPS) is 9.40. The van der Waals surface area contributed by atoms with E-state index < -0.39 is 0 Å². The van der Waals surface area contributed by atoms with E-state index in [9.17, 15) is 0 Å². The van der Waals surface area contributed by atoms with E-state index in [0.29, 0.717) is 10.6 Å². The van der Waals surface area contributed by atoms with Crippen LogP contribution in [0.1, 0.15) is 12.5 Å². The quantitative estimate of drug-likeness (QED) is 0.729. The third kappa shape index (κ3) is 2.74. The van der Waals surface area contributed by atoms with Gasteiger partial charge in [-0.2, -0.15) is 5.26 Å². The Bertz CT molecular complexity index is 393. The van der Waals surface area contributed by atoms with Gasteiger partial charge in [0.25, 0.3) is 0 Å². The molecule has 78 valence electrons. The molecule has 0 aliphatic rings. The van der Waals surface area contributed by atoms with Crippen molar-refractivity contribution in [3.8, 4) is 6.07 Å². The average molecular weight is 221 g/mol. The highest BCUT2D eigenvalue weighted by Gasteiger charge is 2.08. The Morgan fingerprint density at radius 3 is 2.87 bits per heavy atom. The summed E-state index contributed by atoms with van der Waals surface area (Å²) in [6, 6.07) is 7.50. The molecule has 0 amide bonds. The van der Waals surface area contributed by atoms with Gasteiger partial charge in [-0.25, -0.2) is 0 Å². The van der Waals surface area contributed by atoms with Gasteiger partial charge in [-0.05, 0) is 25.1 Å². The molecule has 0 saturated carbocycles. The van der Waals surface area contributed by atoms with Gasteiger partial charge in [0.1, 0.15) is 6.07 Å². The van der Waals surface area contributed by atoms with E-state index >= 15 is 0 Å². The summed E-state index contributed by atoms with van der Waals surface area (Å²) >= 11 is 5.83. The van der Waals surface area contributed by atoms with Crippen molar-refractivity contribution in [2.75, 3.05) is 18.0 Å². The fourth-order valence-electron chi connectivity index (χ4n) is 1.43. The standard InChI is InChI=1S/C12H13ClN2/c1-3-7-15(4-2)12-6-5-11(13)8-10(12)9-14/h3,5-6,8H,1,4,7H2,2H3. The predicted octanol–water partition coefficient (Wildman–Crippen LogP) is 3.22. The lowest BCUT2D eigenvalue weighted by Crippen LogP contribution is -2.23. The number of hydrogen-bond donors (Lipinski definition) is 0. The Hall–Kier alpha value is -1.46. The van der Waals surface area contributed by atoms with Crippen molar-refractivity contribution in [1.29, 1.82) is 5.26 Å². The predicted molar refractivity (Wildman–Crippen MR) is 64.3 cm³/mol. The first-order valence-corrected chi connectivity index (χ1v) is 5.16. The van der Waals surface area contributed by atoms with E-state index in [4.69, 9.17) is 16.9 Å². The summed E-state index contributed by atoms with van der Waals surface area (Å²) in [7, 11) is 0. The first-order valence-electron chi connectivity index (χ1n) is 4.78. The van der Waals surface area contributed by atoms with Gasteiger partial charge < -0.3 is 4.90 Å². The molecule has 3 heteroatoms. The van der Waals surface area contributed by atoms with Crippen molar-refractivity contribution in [2.45, 2.75) is 6.92 Å². The first-order chi connectivity index (χ1) is 7.22. The van der Waals surface area contributed by atoms with Crippen LogP contribution in [0.4, 0.5) is 5.69 Å². The van der Waals surface area contributed by atoms with Gasteiger partial charge in [-0.3, -0.25) is 0 Å². The summed E-state index contributed by atoms with van der Waals surface area (Å²) in [4.78, 5) is 2.07. The van der Waals surface area contributed by atoms with Crippen molar-refractivity contribution in [3.63, 3.8) is 0 Å². The number of likely N-dealkylation sites (N-methyl/N-ethyl adjacent to an activating group) is 1. The summed E-state index contributed by atoms with van der Waals surface area (Å²) in [6.07, 6.45) is 1.82. The maximum absolute atomic E-state index is 8.99. The molecule has 0 unspecified atom stereocenters. The molecule has 0 radical (unpaired) electrons. The highest BCUT2D eigenvalue weighted by Crippen LogP contribution is 2.23. The second kappa shape index (κ2) is 5.43. The second-order valence-corrected chi connectivity index (χ2v) is 3.54. The zero-order valence-electron chi connectivity index (χ0n) is 8.70. The van der Waals surface area contributed by atoms with Gasteiger partial charge in [-0.1, -0.05) is 17.7 Å². The Balaban J connectivity index is 3.11. The lowest BCUT2D eigenvalue weighted by molar-refractivity contribution is 0.905. The molecule has 0 fully saturated rings. The monoisotopic (exact) mass is 220 g/mol. The van der Waals surface area contributed by atoms with Crippen molar-refractivity contribution >= 4 is 17.3 Å². The number of hydrogen-bond acceptors (Lipinski definition) is 2. The molecular formula is C12H13ClN2. The molecule has 0 aliphatic heterocycles. The molecule has 0 saturated heterocycles. The highest BCUT2D eigenvalue weighted by molar-refractivity contribution is 6.30. The van der Waals surface area contributed by atoms with Gasteiger partial charge in [0.05, 0.1) is 11.3 Å². The van der Waals surface area contributed by atoms with Gasteiger partial charge >= 0.3 is 0 Å². The smallest absolute Gasteiger partial charge is 0.101 e. The van der Waals surface area contributed by atoms with Crippen LogP contribution in [0.15, 0.2) is 30.9 Å².